The van der Waals surface area contributed by atoms with E-state index in [-0.39, 0.29) is 12.3 Å². The van der Waals surface area contributed by atoms with Gasteiger partial charge in [-0.15, -0.1) is 0 Å². The van der Waals surface area contributed by atoms with Crippen LogP contribution in [0.4, 0.5) is 17.5 Å². The number of carbonyl (C=O) groups excluding carboxylic acids is 2. The van der Waals surface area contributed by atoms with Crippen molar-refractivity contribution < 1.29 is 9.59 Å². The smallest absolute Gasteiger partial charge is 0.252 e. The zero-order chi connectivity index (χ0) is 21.0. The number of nitrogens with two attached hydrogens (primary N) is 1. The lowest BCUT2D eigenvalue weighted by Gasteiger charge is -2.18. The third kappa shape index (κ3) is 4.40. The summed E-state index contributed by atoms with van der Waals surface area (Å²) in [6, 6.07) is 3.80. The van der Waals surface area contributed by atoms with Crippen molar-refractivity contribution in [2.45, 2.75) is 33.2 Å². The van der Waals surface area contributed by atoms with Crippen molar-refractivity contribution in [3.05, 3.63) is 36.3 Å². The molecule has 0 spiro atoms. The zero-order valence-electron chi connectivity index (χ0n) is 16.3. The van der Waals surface area contributed by atoms with Crippen LogP contribution < -0.4 is 16.0 Å². The fourth-order valence-corrected chi connectivity index (χ4v) is 3.18. The van der Waals surface area contributed by atoms with Crippen molar-refractivity contribution in [1.29, 1.82) is 5.26 Å². The van der Waals surface area contributed by atoms with Crippen LogP contribution in [0.5, 0.6) is 0 Å². The highest BCUT2D eigenvalue weighted by molar-refractivity contribution is 6.02. The quantitative estimate of drug-likeness (QED) is 0.677. The van der Waals surface area contributed by atoms with Gasteiger partial charge in [-0.05, 0) is 26.3 Å². The summed E-state index contributed by atoms with van der Waals surface area (Å²) >= 11 is 0. The maximum absolute atomic E-state index is 12.9. The van der Waals surface area contributed by atoms with Gasteiger partial charge >= 0.3 is 0 Å². The SMILES string of the molecule is CC(C)=C[C@]1(C#N)CCN(c2ccnc(Nc3cnn(CCC(N)=O)c3)n2)C1=O. The molecule has 1 atom stereocenters. The van der Waals surface area contributed by atoms with Crippen molar-refractivity contribution >= 4 is 29.3 Å². The van der Waals surface area contributed by atoms with Crippen LogP contribution in [0.25, 0.3) is 0 Å². The number of rotatable bonds is 7. The maximum Gasteiger partial charge on any atom is 0.252 e. The fraction of sp³-hybridized carbons (Fsp3) is 0.368. The highest BCUT2D eigenvalue weighted by Gasteiger charge is 2.46. The average Bonchev–Trinajstić information content (AvgIpc) is 3.25. The molecule has 1 aliphatic heterocycles. The molecule has 3 rings (SSSR count). The van der Waals surface area contributed by atoms with Crippen molar-refractivity contribution in [3.8, 4) is 6.07 Å². The zero-order valence-corrected chi connectivity index (χ0v) is 16.3. The van der Waals surface area contributed by atoms with Crippen LogP contribution in [0.2, 0.25) is 0 Å². The standard InChI is InChI=1S/C19H22N8O2/c1-13(2)9-19(12-20)5-8-27(17(19)29)16-3-6-22-18(25-16)24-14-10-23-26(11-14)7-4-15(21)28/h3,6,9-11H,4-5,7-8H2,1-2H3,(H2,21,28)(H,22,24,25)/t19-/m0/s1. The van der Waals surface area contributed by atoms with Gasteiger partial charge in [-0.3, -0.25) is 19.2 Å². The number of amides is 2. The first-order chi connectivity index (χ1) is 13.8. The molecule has 0 radical (unpaired) electrons. The second-order valence-electron chi connectivity index (χ2n) is 7.08. The van der Waals surface area contributed by atoms with E-state index in [0.717, 1.165) is 5.57 Å². The molecular formula is C19H22N8O2. The van der Waals surface area contributed by atoms with E-state index in [9.17, 15) is 14.9 Å². The first kappa shape index (κ1) is 20.0. The molecule has 0 aliphatic carbocycles. The van der Waals surface area contributed by atoms with Gasteiger partial charge in [0.05, 0.1) is 18.0 Å². The minimum absolute atomic E-state index is 0.191. The number of hydrogen-bond donors (Lipinski definition) is 2. The molecule has 2 aromatic heterocycles. The monoisotopic (exact) mass is 394 g/mol. The Hall–Kier alpha value is -3.74. The number of aromatic nitrogens is 4. The molecule has 0 saturated carbocycles. The predicted molar refractivity (Wildman–Crippen MR) is 106 cm³/mol. The largest absolute Gasteiger partial charge is 0.370 e. The van der Waals surface area contributed by atoms with Crippen molar-refractivity contribution in [1.82, 2.24) is 19.7 Å². The summed E-state index contributed by atoms with van der Waals surface area (Å²) in [6.07, 6.45) is 7.14. The number of nitrogens with one attached hydrogen (secondary N) is 1. The molecule has 10 heteroatoms. The van der Waals surface area contributed by atoms with Crippen molar-refractivity contribution in [3.63, 3.8) is 0 Å². The Labute approximate surface area is 168 Å². The van der Waals surface area contributed by atoms with Gasteiger partial charge in [0.1, 0.15) is 5.82 Å². The van der Waals surface area contributed by atoms with Gasteiger partial charge in [-0.25, -0.2) is 4.98 Å². The summed E-state index contributed by atoms with van der Waals surface area (Å²) in [5.74, 6) is 0.0299. The molecule has 2 aromatic rings. The third-order valence-corrected chi connectivity index (χ3v) is 4.49. The molecule has 2 amide bonds. The molecule has 3 N–H and O–H groups in total. The Morgan fingerprint density at radius 3 is 2.97 bits per heavy atom. The Balaban J connectivity index is 1.75. The van der Waals surface area contributed by atoms with Crippen LogP contribution in [0.1, 0.15) is 26.7 Å². The molecule has 0 unspecified atom stereocenters. The second-order valence-corrected chi connectivity index (χ2v) is 7.08. The number of nitrogens with zero attached hydrogens (tertiary/aromatic N) is 6. The molecular weight excluding hydrogens is 372 g/mol. The highest BCUT2D eigenvalue weighted by Crippen LogP contribution is 2.36. The molecule has 0 bridgehead atoms. The normalized spacial score (nSPS) is 18.4. The van der Waals surface area contributed by atoms with Crippen LogP contribution in [-0.2, 0) is 16.1 Å². The minimum Gasteiger partial charge on any atom is -0.370 e. The van der Waals surface area contributed by atoms with Crippen LogP contribution in [-0.4, -0.2) is 38.1 Å². The lowest BCUT2D eigenvalue weighted by Crippen LogP contribution is -2.33. The molecule has 3 heterocycles. The number of hydrogen-bond acceptors (Lipinski definition) is 7. The number of primary amides is 1. The molecule has 1 saturated heterocycles. The molecule has 1 aliphatic rings. The molecule has 29 heavy (non-hydrogen) atoms. The number of allylic oxidation sites excluding steroid dienone is 1. The van der Waals surface area contributed by atoms with Gasteiger partial charge in [-0.1, -0.05) is 11.6 Å². The lowest BCUT2D eigenvalue weighted by atomic mass is 9.86. The average molecular weight is 394 g/mol. The summed E-state index contributed by atoms with van der Waals surface area (Å²) in [4.78, 5) is 33.9. The first-order valence-corrected chi connectivity index (χ1v) is 9.13. The summed E-state index contributed by atoms with van der Waals surface area (Å²) in [5.41, 5.74) is 5.54. The number of aryl methyl sites for hydroxylation is 1. The van der Waals surface area contributed by atoms with E-state index in [1.807, 2.05) is 13.8 Å². The Morgan fingerprint density at radius 1 is 1.48 bits per heavy atom. The number of carbonyl (C=O) groups is 2. The molecule has 10 nitrogen and oxygen atoms in total. The van der Waals surface area contributed by atoms with E-state index in [2.05, 4.69) is 26.5 Å². The second kappa shape index (κ2) is 8.10. The summed E-state index contributed by atoms with van der Waals surface area (Å²) in [6.45, 7) is 4.51. The highest BCUT2D eigenvalue weighted by atomic mass is 16.2. The third-order valence-electron chi connectivity index (χ3n) is 4.49. The van der Waals surface area contributed by atoms with Gasteiger partial charge in [0.25, 0.3) is 5.91 Å². The summed E-state index contributed by atoms with van der Waals surface area (Å²) in [5, 5.41) is 16.8. The van der Waals surface area contributed by atoms with E-state index >= 15 is 0 Å². The lowest BCUT2D eigenvalue weighted by molar-refractivity contribution is -0.121. The van der Waals surface area contributed by atoms with Gasteiger partial charge in [0.2, 0.25) is 11.9 Å². The van der Waals surface area contributed by atoms with E-state index in [0.29, 0.717) is 37.0 Å². The number of anilines is 3. The van der Waals surface area contributed by atoms with Gasteiger partial charge in [0, 0.05) is 31.9 Å². The first-order valence-electron chi connectivity index (χ1n) is 9.13. The van der Waals surface area contributed by atoms with Crippen LogP contribution in [0, 0.1) is 16.7 Å². The topological polar surface area (TPSA) is 143 Å². The summed E-state index contributed by atoms with van der Waals surface area (Å²) in [7, 11) is 0. The van der Waals surface area contributed by atoms with Crippen LogP contribution in [0.3, 0.4) is 0 Å². The maximum atomic E-state index is 12.9. The Kier molecular flexibility index (Phi) is 5.59. The summed E-state index contributed by atoms with van der Waals surface area (Å²) < 4.78 is 1.58. The fourth-order valence-electron chi connectivity index (χ4n) is 3.18. The van der Waals surface area contributed by atoms with Gasteiger partial charge in [-0.2, -0.15) is 15.3 Å². The minimum atomic E-state index is -1.15. The van der Waals surface area contributed by atoms with Crippen molar-refractivity contribution in [2.75, 3.05) is 16.8 Å². The number of nitriles is 1. The van der Waals surface area contributed by atoms with Crippen LogP contribution in [0.15, 0.2) is 36.3 Å². The van der Waals surface area contributed by atoms with Crippen LogP contribution >= 0.6 is 0 Å². The molecule has 0 aromatic carbocycles. The Morgan fingerprint density at radius 2 is 2.28 bits per heavy atom. The van der Waals surface area contributed by atoms with E-state index in [1.165, 1.54) is 4.90 Å². The predicted octanol–water partition coefficient (Wildman–Crippen LogP) is 1.50. The van der Waals surface area contributed by atoms with Crippen molar-refractivity contribution in [2.24, 2.45) is 11.1 Å². The Bertz CT molecular complexity index is 1000. The molecule has 150 valence electrons. The van der Waals surface area contributed by atoms with E-state index in [1.54, 1.807) is 35.4 Å². The molecule has 1 fully saturated rings. The van der Waals surface area contributed by atoms with E-state index < -0.39 is 11.3 Å². The van der Waals surface area contributed by atoms with Gasteiger partial charge in [0.15, 0.2) is 5.41 Å². The van der Waals surface area contributed by atoms with E-state index in [4.69, 9.17) is 5.73 Å². The van der Waals surface area contributed by atoms with Gasteiger partial charge < -0.3 is 11.1 Å².